The minimum Gasteiger partial charge on any atom is -0.282 e. The molecule has 0 heterocycles. The van der Waals surface area contributed by atoms with Crippen LogP contribution in [0.2, 0.25) is 0 Å². The van der Waals surface area contributed by atoms with Crippen LogP contribution in [0.3, 0.4) is 0 Å². The molecule has 1 aromatic rings. The molecule has 1 rings (SSSR count). The Morgan fingerprint density at radius 3 is 1.93 bits per heavy atom. The molecule has 0 atom stereocenters. The molecule has 0 radical (unpaired) electrons. The highest BCUT2D eigenvalue weighted by Crippen LogP contribution is 2.23. The molecule has 0 aliphatic rings. The highest BCUT2D eigenvalue weighted by atomic mass is 32.2. The van der Waals surface area contributed by atoms with Gasteiger partial charge in [0.05, 0.1) is 4.90 Å². The summed E-state index contributed by atoms with van der Waals surface area (Å²) in [5.41, 5.74) is 1.12. The molecule has 4 heteroatoms. The molecule has 0 amide bonds. The van der Waals surface area contributed by atoms with Crippen molar-refractivity contribution in [3.05, 3.63) is 29.8 Å². The van der Waals surface area contributed by atoms with Gasteiger partial charge in [-0.15, -0.1) is 0 Å². The summed E-state index contributed by atoms with van der Waals surface area (Å²) in [6, 6.07) is 6.42. The normalized spacial score (nSPS) is 12.0. The first kappa shape index (κ1) is 12.2. The molecule has 84 valence electrons. The zero-order chi connectivity index (χ0) is 11.5. The van der Waals surface area contributed by atoms with E-state index in [-0.39, 0.29) is 4.90 Å². The second-order valence-electron chi connectivity index (χ2n) is 3.56. The van der Waals surface area contributed by atoms with Crippen LogP contribution in [0.4, 0.5) is 0 Å². The van der Waals surface area contributed by atoms with Gasteiger partial charge in [-0.25, -0.2) is 0 Å². The van der Waals surface area contributed by atoms with Crippen LogP contribution in [0.25, 0.3) is 0 Å². The van der Waals surface area contributed by atoms with Gasteiger partial charge in [-0.05, 0) is 36.5 Å². The minimum atomic E-state index is -4.06. The van der Waals surface area contributed by atoms with Crippen molar-refractivity contribution >= 4 is 10.1 Å². The Bertz CT molecular complexity index is 402. The van der Waals surface area contributed by atoms with Crippen molar-refractivity contribution in [2.24, 2.45) is 0 Å². The van der Waals surface area contributed by atoms with E-state index in [0.717, 1.165) is 18.4 Å². The lowest BCUT2D eigenvalue weighted by molar-refractivity contribution is 0.483. The first-order chi connectivity index (χ1) is 6.99. The van der Waals surface area contributed by atoms with E-state index in [0.29, 0.717) is 5.92 Å². The van der Waals surface area contributed by atoms with Gasteiger partial charge in [0.25, 0.3) is 10.1 Å². The number of hydrogen-bond acceptors (Lipinski definition) is 2. The highest BCUT2D eigenvalue weighted by Gasteiger charge is 2.11. The van der Waals surface area contributed by atoms with Gasteiger partial charge in [-0.3, -0.25) is 4.55 Å². The summed E-state index contributed by atoms with van der Waals surface area (Å²) >= 11 is 0. The fourth-order valence-corrected chi connectivity index (χ4v) is 2.15. The van der Waals surface area contributed by atoms with Crippen LogP contribution in [0, 0.1) is 0 Å². The van der Waals surface area contributed by atoms with Gasteiger partial charge < -0.3 is 0 Å². The van der Waals surface area contributed by atoms with E-state index in [2.05, 4.69) is 13.8 Å². The van der Waals surface area contributed by atoms with Gasteiger partial charge in [-0.2, -0.15) is 8.42 Å². The van der Waals surface area contributed by atoms with E-state index in [1.165, 1.54) is 12.1 Å². The van der Waals surface area contributed by atoms with Crippen molar-refractivity contribution < 1.29 is 13.0 Å². The summed E-state index contributed by atoms with van der Waals surface area (Å²) in [5, 5.41) is 0. The third kappa shape index (κ3) is 3.04. The second-order valence-corrected chi connectivity index (χ2v) is 4.98. The Morgan fingerprint density at radius 1 is 1.13 bits per heavy atom. The van der Waals surface area contributed by atoms with E-state index in [1.54, 1.807) is 12.1 Å². The molecule has 0 fully saturated rings. The molecular formula is C11H16O3S. The maximum atomic E-state index is 10.8. The van der Waals surface area contributed by atoms with Gasteiger partial charge >= 0.3 is 0 Å². The number of rotatable bonds is 4. The van der Waals surface area contributed by atoms with Crippen LogP contribution in [0.15, 0.2) is 29.2 Å². The van der Waals surface area contributed by atoms with E-state index < -0.39 is 10.1 Å². The smallest absolute Gasteiger partial charge is 0.282 e. The number of hydrogen-bond donors (Lipinski definition) is 1. The van der Waals surface area contributed by atoms with E-state index in [9.17, 15) is 8.42 Å². The maximum Gasteiger partial charge on any atom is 0.294 e. The minimum absolute atomic E-state index is 0.0443. The quantitative estimate of drug-likeness (QED) is 0.806. The summed E-state index contributed by atoms with van der Waals surface area (Å²) in [4.78, 5) is -0.0443. The van der Waals surface area contributed by atoms with Gasteiger partial charge in [0.2, 0.25) is 0 Å². The van der Waals surface area contributed by atoms with Crippen molar-refractivity contribution in [2.75, 3.05) is 0 Å². The monoisotopic (exact) mass is 228 g/mol. The molecule has 0 aromatic heterocycles. The average Bonchev–Trinajstić information content (AvgIpc) is 2.19. The molecule has 3 nitrogen and oxygen atoms in total. The topological polar surface area (TPSA) is 54.4 Å². The largest absolute Gasteiger partial charge is 0.294 e. The lowest BCUT2D eigenvalue weighted by Gasteiger charge is -2.12. The maximum absolute atomic E-state index is 10.8. The first-order valence-corrected chi connectivity index (χ1v) is 6.50. The third-order valence-corrected chi connectivity index (χ3v) is 3.50. The van der Waals surface area contributed by atoms with Crippen molar-refractivity contribution in [1.29, 1.82) is 0 Å². The Hall–Kier alpha value is -0.870. The van der Waals surface area contributed by atoms with Gasteiger partial charge in [-0.1, -0.05) is 26.0 Å². The SMILES string of the molecule is CCC(CC)c1ccc(S(=O)(=O)O)cc1. The molecule has 0 saturated heterocycles. The van der Waals surface area contributed by atoms with Crippen LogP contribution >= 0.6 is 0 Å². The summed E-state index contributed by atoms with van der Waals surface area (Å²) in [5.74, 6) is 0.459. The van der Waals surface area contributed by atoms with Gasteiger partial charge in [0, 0.05) is 0 Å². The van der Waals surface area contributed by atoms with Crippen molar-refractivity contribution in [3.8, 4) is 0 Å². The van der Waals surface area contributed by atoms with Gasteiger partial charge in [0.1, 0.15) is 0 Å². The highest BCUT2D eigenvalue weighted by molar-refractivity contribution is 7.85. The predicted molar refractivity (Wildman–Crippen MR) is 59.6 cm³/mol. The summed E-state index contributed by atoms with van der Waals surface area (Å²) in [6.07, 6.45) is 2.06. The zero-order valence-corrected chi connectivity index (χ0v) is 9.79. The zero-order valence-electron chi connectivity index (χ0n) is 8.97. The van der Waals surface area contributed by atoms with Crippen LogP contribution in [-0.4, -0.2) is 13.0 Å². The summed E-state index contributed by atoms with van der Waals surface area (Å²) in [6.45, 7) is 4.20. The molecule has 0 aliphatic heterocycles. The Morgan fingerprint density at radius 2 is 1.60 bits per heavy atom. The van der Waals surface area contributed by atoms with E-state index in [4.69, 9.17) is 4.55 Å². The fourth-order valence-electron chi connectivity index (χ4n) is 1.67. The Kier molecular flexibility index (Phi) is 3.88. The molecular weight excluding hydrogens is 212 g/mol. The molecule has 0 aliphatic carbocycles. The first-order valence-electron chi connectivity index (χ1n) is 5.06. The van der Waals surface area contributed by atoms with Gasteiger partial charge in [0.15, 0.2) is 0 Å². The molecule has 0 unspecified atom stereocenters. The average molecular weight is 228 g/mol. The lowest BCUT2D eigenvalue weighted by Crippen LogP contribution is -2.00. The van der Waals surface area contributed by atoms with Crippen LogP contribution in [0.1, 0.15) is 38.2 Å². The van der Waals surface area contributed by atoms with Crippen molar-refractivity contribution in [1.82, 2.24) is 0 Å². The summed E-state index contributed by atoms with van der Waals surface area (Å²) in [7, 11) is -4.06. The predicted octanol–water partition coefficient (Wildman–Crippen LogP) is 2.84. The van der Waals surface area contributed by atoms with Crippen LogP contribution in [-0.2, 0) is 10.1 Å². The molecule has 0 bridgehead atoms. The van der Waals surface area contributed by atoms with Crippen LogP contribution < -0.4 is 0 Å². The Labute approximate surface area is 90.9 Å². The molecule has 0 spiro atoms. The molecule has 15 heavy (non-hydrogen) atoms. The van der Waals surface area contributed by atoms with Crippen molar-refractivity contribution in [3.63, 3.8) is 0 Å². The molecule has 1 aromatic carbocycles. The fraction of sp³-hybridized carbons (Fsp3) is 0.455. The van der Waals surface area contributed by atoms with E-state index >= 15 is 0 Å². The Balaban J connectivity index is 3.00. The molecule has 0 saturated carbocycles. The summed E-state index contributed by atoms with van der Waals surface area (Å²) < 4.78 is 30.4. The standard InChI is InChI=1S/C11H16O3S/c1-3-9(4-2)10-5-7-11(8-6-10)15(12,13)14/h5-9H,3-4H2,1-2H3,(H,12,13,14). The number of benzene rings is 1. The van der Waals surface area contributed by atoms with Crippen LogP contribution in [0.5, 0.6) is 0 Å². The second kappa shape index (κ2) is 4.77. The lowest BCUT2D eigenvalue weighted by atomic mass is 9.94. The van der Waals surface area contributed by atoms with Crippen molar-refractivity contribution in [2.45, 2.75) is 37.5 Å². The third-order valence-electron chi connectivity index (χ3n) is 2.63. The molecule has 1 N–H and O–H groups in total. The van der Waals surface area contributed by atoms with E-state index in [1.807, 2.05) is 0 Å².